The Labute approximate surface area is 230 Å². The van der Waals surface area contributed by atoms with E-state index in [1.165, 1.54) is 31.2 Å². The third kappa shape index (κ3) is 7.17. The Hall–Kier alpha value is -4.38. The van der Waals surface area contributed by atoms with Gasteiger partial charge in [0, 0.05) is 13.1 Å². The predicted molar refractivity (Wildman–Crippen MR) is 138 cm³/mol. The summed E-state index contributed by atoms with van der Waals surface area (Å²) in [5.74, 6) is -3.06. The number of benzene rings is 2. The summed E-state index contributed by atoms with van der Waals surface area (Å²) in [5, 5.41) is 10.3. The molecular weight excluding hydrogens is 544 g/mol. The van der Waals surface area contributed by atoms with Crippen LogP contribution in [-0.4, -0.2) is 73.8 Å². The highest BCUT2D eigenvalue weighted by Gasteiger charge is 2.64. The molecular formula is C27H26N2O10S. The van der Waals surface area contributed by atoms with Crippen LogP contribution < -0.4 is 0 Å². The quantitative estimate of drug-likeness (QED) is 0.233. The summed E-state index contributed by atoms with van der Waals surface area (Å²) >= 11 is 0. The van der Waals surface area contributed by atoms with E-state index in [0.29, 0.717) is 11.2 Å². The van der Waals surface area contributed by atoms with E-state index < -0.39 is 64.4 Å². The molecule has 0 aliphatic carbocycles. The molecule has 2 aromatic rings. The van der Waals surface area contributed by atoms with E-state index in [4.69, 9.17) is 18.4 Å². The molecule has 0 saturated carbocycles. The highest BCUT2D eigenvalue weighted by molar-refractivity contribution is 7.86. The van der Waals surface area contributed by atoms with Crippen molar-refractivity contribution in [2.75, 3.05) is 12.9 Å². The summed E-state index contributed by atoms with van der Waals surface area (Å²) in [5.41, 5.74) is -2.30. The molecule has 0 bridgehead atoms. The molecule has 1 fully saturated rings. The first-order valence-corrected chi connectivity index (χ1v) is 13.6. The van der Waals surface area contributed by atoms with E-state index in [1.807, 2.05) is 0 Å². The summed E-state index contributed by atoms with van der Waals surface area (Å²) in [6.45, 7) is 1.60. The Kier molecular flexibility index (Phi) is 9.54. The maximum absolute atomic E-state index is 13.0. The molecule has 1 aliphatic heterocycles. The number of ether oxygens (including phenoxy) is 3. The number of allylic oxidation sites excluding steroid dienone is 1. The zero-order valence-corrected chi connectivity index (χ0v) is 22.6. The Morgan fingerprint density at radius 2 is 1.55 bits per heavy atom. The van der Waals surface area contributed by atoms with Crippen LogP contribution in [0.1, 0.15) is 34.6 Å². The number of ketones is 1. The van der Waals surface area contributed by atoms with E-state index in [1.54, 1.807) is 42.5 Å². The molecule has 12 nitrogen and oxygen atoms in total. The van der Waals surface area contributed by atoms with Gasteiger partial charge in [0.05, 0.1) is 17.4 Å². The second-order valence-corrected chi connectivity index (χ2v) is 10.3. The van der Waals surface area contributed by atoms with Gasteiger partial charge in [-0.3, -0.25) is 18.7 Å². The molecule has 1 amide bonds. The average Bonchev–Trinajstić information content (AvgIpc) is 3.19. The predicted octanol–water partition coefficient (Wildman–Crippen LogP) is 1.98. The first-order chi connectivity index (χ1) is 18.9. The number of hydrogen-bond acceptors (Lipinski definition) is 11. The lowest BCUT2D eigenvalue weighted by Crippen LogP contribution is -2.57. The largest absolute Gasteiger partial charge is 0.459 e. The molecule has 2 aromatic carbocycles. The van der Waals surface area contributed by atoms with E-state index in [2.05, 4.69) is 0 Å². The van der Waals surface area contributed by atoms with Crippen molar-refractivity contribution >= 4 is 33.7 Å². The van der Waals surface area contributed by atoms with Crippen LogP contribution in [0.15, 0.2) is 72.9 Å². The number of hydrogen-bond donors (Lipinski definition) is 0. The van der Waals surface area contributed by atoms with Gasteiger partial charge in [0.1, 0.15) is 18.8 Å². The minimum Gasteiger partial charge on any atom is -0.459 e. The highest BCUT2D eigenvalue weighted by Crippen LogP contribution is 2.40. The number of amides is 1. The second-order valence-electron chi connectivity index (χ2n) is 8.70. The van der Waals surface area contributed by atoms with E-state index in [-0.39, 0.29) is 11.1 Å². The number of nitriles is 1. The Morgan fingerprint density at radius 1 is 1.00 bits per heavy atom. The van der Waals surface area contributed by atoms with Crippen LogP contribution in [0, 0.1) is 11.3 Å². The summed E-state index contributed by atoms with van der Waals surface area (Å²) in [7, 11) is -4.37. The molecule has 0 spiro atoms. The van der Waals surface area contributed by atoms with Gasteiger partial charge in [0.2, 0.25) is 5.91 Å². The fourth-order valence-corrected chi connectivity index (χ4v) is 4.52. The molecule has 13 heteroatoms. The number of nitrogens with zero attached hydrogens (tertiary/aromatic N) is 2. The summed E-state index contributed by atoms with van der Waals surface area (Å²) in [6, 6.07) is 17.3. The van der Waals surface area contributed by atoms with Crippen LogP contribution >= 0.6 is 0 Å². The van der Waals surface area contributed by atoms with Gasteiger partial charge in [0.15, 0.2) is 18.0 Å². The topological polar surface area (TPSA) is 166 Å². The van der Waals surface area contributed by atoms with Crippen LogP contribution in [0.2, 0.25) is 0 Å². The first-order valence-electron chi connectivity index (χ1n) is 11.8. The van der Waals surface area contributed by atoms with Gasteiger partial charge in [-0.25, -0.2) is 9.59 Å². The molecule has 210 valence electrons. The normalized spacial score (nSPS) is 22.3. The number of esters is 2. The van der Waals surface area contributed by atoms with E-state index >= 15 is 0 Å². The smallest absolute Gasteiger partial charge is 0.338 e. The number of carbonyl (C=O) groups is 4. The minimum atomic E-state index is -4.37. The molecule has 4 atom stereocenters. The summed E-state index contributed by atoms with van der Waals surface area (Å²) < 4.78 is 46.7. The Bertz CT molecular complexity index is 1440. The average molecular weight is 571 g/mol. The van der Waals surface area contributed by atoms with Crippen LogP contribution in [0.5, 0.6) is 0 Å². The monoisotopic (exact) mass is 570 g/mol. The zero-order valence-electron chi connectivity index (χ0n) is 21.8. The maximum Gasteiger partial charge on any atom is 0.338 e. The lowest BCUT2D eigenvalue weighted by atomic mass is 10.0. The SMILES string of the molecule is CC(=O)/C=C\N(C(C)=O)[C@]1(C#N)O[C@H](COC(=O)c2ccccc2)[C@@H](OC(=O)c2ccccc2)[C@H]1OS(C)(=O)=O. The van der Waals surface area contributed by atoms with Crippen molar-refractivity contribution in [2.45, 2.75) is 37.9 Å². The fourth-order valence-electron chi connectivity index (χ4n) is 3.91. The minimum absolute atomic E-state index is 0.0787. The fraction of sp³-hybridized carbons (Fsp3) is 0.296. The lowest BCUT2D eigenvalue weighted by molar-refractivity contribution is -0.158. The van der Waals surface area contributed by atoms with Crippen LogP contribution in [-0.2, 0) is 38.1 Å². The molecule has 1 saturated heterocycles. The van der Waals surface area contributed by atoms with Crippen molar-refractivity contribution in [2.24, 2.45) is 0 Å². The maximum atomic E-state index is 13.0. The molecule has 3 rings (SSSR count). The third-order valence-electron chi connectivity index (χ3n) is 5.62. The third-order valence-corrected chi connectivity index (χ3v) is 6.17. The van der Waals surface area contributed by atoms with Gasteiger partial charge in [-0.1, -0.05) is 36.4 Å². The van der Waals surface area contributed by atoms with Crippen molar-refractivity contribution in [3.8, 4) is 6.07 Å². The molecule has 40 heavy (non-hydrogen) atoms. The van der Waals surface area contributed by atoms with Gasteiger partial charge in [-0.05, 0) is 37.3 Å². The molecule has 0 aromatic heterocycles. The van der Waals surface area contributed by atoms with Crippen molar-refractivity contribution in [1.82, 2.24) is 4.90 Å². The number of carbonyl (C=O) groups excluding carboxylic acids is 4. The van der Waals surface area contributed by atoms with Gasteiger partial charge in [-0.15, -0.1) is 0 Å². The Morgan fingerprint density at radius 3 is 2.02 bits per heavy atom. The molecule has 0 N–H and O–H groups in total. The molecule has 1 aliphatic rings. The summed E-state index contributed by atoms with van der Waals surface area (Å²) in [6.07, 6.45) is -2.55. The van der Waals surface area contributed by atoms with E-state index in [0.717, 1.165) is 19.2 Å². The zero-order chi connectivity index (χ0) is 29.5. The van der Waals surface area contributed by atoms with Crippen molar-refractivity contribution < 1.29 is 46.0 Å². The lowest BCUT2D eigenvalue weighted by Gasteiger charge is -2.35. The molecule has 0 unspecified atom stereocenters. The number of rotatable bonds is 10. The summed E-state index contributed by atoms with van der Waals surface area (Å²) in [4.78, 5) is 50.6. The van der Waals surface area contributed by atoms with Crippen molar-refractivity contribution in [3.05, 3.63) is 84.1 Å². The first kappa shape index (κ1) is 30.2. The van der Waals surface area contributed by atoms with E-state index in [9.17, 15) is 32.9 Å². The standard InChI is InChI=1S/C27H26N2O10S/c1-18(30)14-15-29(19(2)31)27(17-28)24(39-40(3,34)35)23(37-26(33)21-12-8-5-9-13-21)22(38-27)16-36-25(32)20-10-6-4-7-11-20/h4-15,22-24H,16H2,1-3H3/b15-14-/t22-,23-,24-,27-/m1/s1. The van der Waals surface area contributed by atoms with Crippen LogP contribution in [0.25, 0.3) is 0 Å². The van der Waals surface area contributed by atoms with Crippen molar-refractivity contribution in [3.63, 3.8) is 0 Å². The van der Waals surface area contributed by atoms with Gasteiger partial charge in [0.25, 0.3) is 15.8 Å². The van der Waals surface area contributed by atoms with Crippen LogP contribution in [0.3, 0.4) is 0 Å². The van der Waals surface area contributed by atoms with Crippen molar-refractivity contribution in [1.29, 1.82) is 5.26 Å². The highest BCUT2D eigenvalue weighted by atomic mass is 32.2. The molecule has 0 radical (unpaired) electrons. The van der Waals surface area contributed by atoms with Gasteiger partial charge in [-0.2, -0.15) is 13.7 Å². The van der Waals surface area contributed by atoms with Gasteiger partial charge < -0.3 is 14.2 Å². The van der Waals surface area contributed by atoms with Gasteiger partial charge >= 0.3 is 11.9 Å². The Balaban J connectivity index is 2.09. The van der Waals surface area contributed by atoms with Crippen LogP contribution in [0.4, 0.5) is 0 Å². The molecule has 1 heterocycles. The second kappa shape index (κ2) is 12.6.